The molecule has 0 radical (unpaired) electrons. The quantitative estimate of drug-likeness (QED) is 0.589. The van der Waals surface area contributed by atoms with Gasteiger partial charge in [0.15, 0.2) is 9.84 Å². The van der Waals surface area contributed by atoms with Gasteiger partial charge in [-0.3, -0.25) is 10.1 Å². The maximum Gasteiger partial charge on any atom is 0.321 e. The second kappa shape index (κ2) is 7.03. The zero-order chi connectivity index (χ0) is 17.2. The van der Waals surface area contributed by atoms with E-state index in [-0.39, 0.29) is 17.3 Å². The van der Waals surface area contributed by atoms with Gasteiger partial charge in [-0.05, 0) is 17.9 Å². The molecule has 2 aromatic heterocycles. The number of carbonyl (C=O) groups is 2. The van der Waals surface area contributed by atoms with Gasteiger partial charge in [0.05, 0.1) is 17.3 Å². The number of hydrogen-bond donors (Lipinski definition) is 2. The number of rotatable bonds is 4. The van der Waals surface area contributed by atoms with Crippen LogP contribution in [0, 0.1) is 0 Å². The van der Waals surface area contributed by atoms with Crippen LogP contribution in [0.1, 0.15) is 6.42 Å². The lowest BCUT2D eigenvalue weighted by Gasteiger charge is -2.11. The van der Waals surface area contributed by atoms with Crippen molar-refractivity contribution >= 4 is 55.1 Å². The molecule has 128 valence electrons. The van der Waals surface area contributed by atoms with E-state index in [4.69, 9.17) is 0 Å². The molecule has 24 heavy (non-hydrogen) atoms. The summed E-state index contributed by atoms with van der Waals surface area (Å²) in [5, 5.41) is 8.16. The fourth-order valence-corrected chi connectivity index (χ4v) is 5.56. The number of thioether (sulfide) groups is 1. The summed E-state index contributed by atoms with van der Waals surface area (Å²) >= 11 is 2.70. The maximum absolute atomic E-state index is 11.9. The highest BCUT2D eigenvalue weighted by Crippen LogP contribution is 2.27. The molecule has 11 heteroatoms. The smallest absolute Gasteiger partial charge is 0.321 e. The summed E-state index contributed by atoms with van der Waals surface area (Å²) in [5.74, 6) is -0.467. The first-order valence-electron chi connectivity index (χ1n) is 7.05. The number of thiophene rings is 1. The van der Waals surface area contributed by atoms with E-state index in [0.29, 0.717) is 11.4 Å². The molecule has 8 nitrogen and oxygen atoms in total. The molecule has 3 amide bonds. The van der Waals surface area contributed by atoms with Crippen molar-refractivity contribution in [3.8, 4) is 0 Å². The Morgan fingerprint density at radius 3 is 2.96 bits per heavy atom. The third kappa shape index (κ3) is 4.22. The second-order valence-corrected chi connectivity index (χ2v) is 9.32. The fraction of sp³-hybridized carbons (Fsp3) is 0.385. The Labute approximate surface area is 146 Å². The number of aromatic nitrogens is 2. The lowest BCUT2D eigenvalue weighted by Crippen LogP contribution is -2.45. The minimum absolute atomic E-state index is 0.0261. The SMILES string of the molecule is O=C(CSc1ncnc2sccc12)NC(=O)N[C@@H]1CCS(=O)(=O)C1. The van der Waals surface area contributed by atoms with Crippen molar-refractivity contribution in [1.29, 1.82) is 0 Å². The van der Waals surface area contributed by atoms with E-state index in [9.17, 15) is 18.0 Å². The number of sulfone groups is 1. The van der Waals surface area contributed by atoms with Gasteiger partial charge in [0.25, 0.3) is 0 Å². The lowest BCUT2D eigenvalue weighted by atomic mass is 10.3. The van der Waals surface area contributed by atoms with Crippen LogP contribution in [0.2, 0.25) is 0 Å². The van der Waals surface area contributed by atoms with Crippen LogP contribution >= 0.6 is 23.1 Å². The van der Waals surface area contributed by atoms with Crippen molar-refractivity contribution in [2.45, 2.75) is 17.5 Å². The minimum atomic E-state index is -3.08. The highest BCUT2D eigenvalue weighted by atomic mass is 32.2. The lowest BCUT2D eigenvalue weighted by molar-refractivity contribution is -0.117. The highest BCUT2D eigenvalue weighted by Gasteiger charge is 2.29. The molecule has 3 heterocycles. The Hall–Kier alpha value is -1.72. The molecule has 0 spiro atoms. The van der Waals surface area contributed by atoms with Crippen molar-refractivity contribution in [3.05, 3.63) is 17.8 Å². The molecular formula is C13H14N4O4S3. The Bertz CT molecular complexity index is 880. The molecule has 1 fully saturated rings. The van der Waals surface area contributed by atoms with E-state index in [2.05, 4.69) is 20.6 Å². The first kappa shape index (κ1) is 17.1. The van der Waals surface area contributed by atoms with Crippen LogP contribution < -0.4 is 10.6 Å². The van der Waals surface area contributed by atoms with E-state index < -0.39 is 27.8 Å². The Kier molecular flexibility index (Phi) is 5.01. The van der Waals surface area contributed by atoms with Crippen LogP contribution in [0.3, 0.4) is 0 Å². The summed E-state index contributed by atoms with van der Waals surface area (Å²) in [5.41, 5.74) is 0. The van der Waals surface area contributed by atoms with Gasteiger partial charge < -0.3 is 5.32 Å². The zero-order valence-electron chi connectivity index (χ0n) is 12.4. The van der Waals surface area contributed by atoms with Crippen molar-refractivity contribution < 1.29 is 18.0 Å². The number of amides is 3. The molecular weight excluding hydrogens is 372 g/mol. The monoisotopic (exact) mass is 386 g/mol. The summed E-state index contributed by atoms with van der Waals surface area (Å²) < 4.78 is 22.7. The van der Waals surface area contributed by atoms with Crippen molar-refractivity contribution in [1.82, 2.24) is 20.6 Å². The van der Waals surface area contributed by atoms with Gasteiger partial charge in [-0.1, -0.05) is 11.8 Å². The molecule has 2 N–H and O–H groups in total. The third-order valence-corrected chi connectivity index (χ3v) is 6.98. The van der Waals surface area contributed by atoms with Gasteiger partial charge in [0, 0.05) is 11.4 Å². The Balaban J connectivity index is 1.49. The van der Waals surface area contributed by atoms with E-state index in [1.165, 1.54) is 29.4 Å². The van der Waals surface area contributed by atoms with Crippen molar-refractivity contribution in [3.63, 3.8) is 0 Å². The van der Waals surface area contributed by atoms with E-state index >= 15 is 0 Å². The number of imide groups is 1. The topological polar surface area (TPSA) is 118 Å². The molecule has 1 atom stereocenters. The summed E-state index contributed by atoms with van der Waals surface area (Å²) in [6.07, 6.45) is 1.81. The standard InChI is InChI=1S/C13H14N4O4S3/c18-10(17-13(19)16-8-2-4-24(20,21)6-8)5-23-12-9-1-3-22-11(9)14-7-15-12/h1,3,7-8H,2,4-6H2,(H2,16,17,18,19)/t8-/m1/s1. The van der Waals surface area contributed by atoms with Gasteiger partial charge in [-0.25, -0.2) is 23.2 Å². The number of nitrogens with one attached hydrogen (secondary N) is 2. The largest absolute Gasteiger partial charge is 0.334 e. The summed E-state index contributed by atoms with van der Waals surface area (Å²) in [7, 11) is -3.08. The van der Waals surface area contributed by atoms with Gasteiger partial charge in [-0.15, -0.1) is 11.3 Å². The number of nitrogens with zero attached hydrogens (tertiary/aromatic N) is 2. The normalized spacial score (nSPS) is 19.2. The van der Waals surface area contributed by atoms with Crippen LogP contribution in [-0.2, 0) is 14.6 Å². The third-order valence-electron chi connectivity index (χ3n) is 3.39. The number of urea groups is 1. The Morgan fingerprint density at radius 2 is 2.21 bits per heavy atom. The summed E-state index contributed by atoms with van der Waals surface area (Å²) in [6.45, 7) is 0. The number of fused-ring (bicyclic) bond motifs is 1. The van der Waals surface area contributed by atoms with Gasteiger partial charge in [0.2, 0.25) is 5.91 Å². The van der Waals surface area contributed by atoms with Crippen LogP contribution in [0.4, 0.5) is 4.79 Å². The maximum atomic E-state index is 11.9. The molecule has 3 rings (SSSR count). The number of hydrogen-bond acceptors (Lipinski definition) is 8. The molecule has 1 aliphatic rings. The first-order valence-corrected chi connectivity index (χ1v) is 10.7. The average molecular weight is 386 g/mol. The second-order valence-electron chi connectivity index (χ2n) is 5.23. The summed E-state index contributed by atoms with van der Waals surface area (Å²) in [6, 6.07) is 0.766. The molecule has 1 aliphatic heterocycles. The molecule has 0 aromatic carbocycles. The van der Waals surface area contributed by atoms with E-state index in [0.717, 1.165) is 10.2 Å². The molecule has 1 saturated heterocycles. The van der Waals surface area contributed by atoms with E-state index in [1.807, 2.05) is 11.4 Å². The van der Waals surface area contributed by atoms with Crippen molar-refractivity contribution in [2.75, 3.05) is 17.3 Å². The van der Waals surface area contributed by atoms with Crippen LogP contribution in [-0.4, -0.2) is 53.6 Å². The highest BCUT2D eigenvalue weighted by molar-refractivity contribution is 8.00. The van der Waals surface area contributed by atoms with Crippen molar-refractivity contribution in [2.24, 2.45) is 0 Å². The fourth-order valence-electron chi connectivity index (χ4n) is 2.31. The van der Waals surface area contributed by atoms with Crippen LogP contribution in [0.15, 0.2) is 22.8 Å². The molecule has 0 aliphatic carbocycles. The van der Waals surface area contributed by atoms with Gasteiger partial charge in [-0.2, -0.15) is 0 Å². The van der Waals surface area contributed by atoms with Crippen LogP contribution in [0.25, 0.3) is 10.2 Å². The first-order chi connectivity index (χ1) is 11.4. The predicted molar refractivity (Wildman–Crippen MR) is 91.9 cm³/mol. The molecule has 0 bridgehead atoms. The zero-order valence-corrected chi connectivity index (χ0v) is 14.8. The molecule has 0 unspecified atom stereocenters. The average Bonchev–Trinajstić information content (AvgIpc) is 3.11. The van der Waals surface area contributed by atoms with Crippen LogP contribution in [0.5, 0.6) is 0 Å². The predicted octanol–water partition coefficient (Wildman–Crippen LogP) is 0.796. The molecule has 0 saturated carbocycles. The molecule has 2 aromatic rings. The van der Waals surface area contributed by atoms with E-state index in [1.54, 1.807) is 0 Å². The van der Waals surface area contributed by atoms with Gasteiger partial charge >= 0.3 is 6.03 Å². The van der Waals surface area contributed by atoms with Gasteiger partial charge in [0.1, 0.15) is 16.2 Å². The number of carbonyl (C=O) groups excluding carboxylic acids is 2. The minimum Gasteiger partial charge on any atom is -0.334 e. The Morgan fingerprint density at radius 1 is 1.38 bits per heavy atom. The summed E-state index contributed by atoms with van der Waals surface area (Å²) in [4.78, 5) is 32.7.